The van der Waals surface area contributed by atoms with Crippen molar-refractivity contribution in [3.05, 3.63) is 28.9 Å². The molecule has 1 aromatic rings. The summed E-state index contributed by atoms with van der Waals surface area (Å²) in [5.74, 6) is 0.409. The predicted molar refractivity (Wildman–Crippen MR) is 82.7 cm³/mol. The quantitative estimate of drug-likeness (QED) is 0.498. The lowest BCUT2D eigenvalue weighted by Crippen LogP contribution is -2.34. The van der Waals surface area contributed by atoms with E-state index >= 15 is 0 Å². The second kappa shape index (κ2) is 7.64. The molecule has 1 heterocycles. The topological polar surface area (TPSA) is 60.8 Å². The third-order valence-electron chi connectivity index (χ3n) is 2.50. The van der Waals surface area contributed by atoms with Crippen LogP contribution in [-0.2, 0) is 6.54 Å². The van der Waals surface area contributed by atoms with Gasteiger partial charge in [0.15, 0.2) is 0 Å². The minimum absolute atomic E-state index is 0.280. The van der Waals surface area contributed by atoms with Crippen LogP contribution in [0.3, 0.4) is 0 Å². The van der Waals surface area contributed by atoms with Crippen molar-refractivity contribution in [3.63, 3.8) is 0 Å². The highest BCUT2D eigenvalue weighted by Gasteiger charge is 2.11. The minimum Gasteiger partial charge on any atom is -0.341 e. The van der Waals surface area contributed by atoms with Crippen LogP contribution in [0.5, 0.6) is 0 Å². The summed E-state index contributed by atoms with van der Waals surface area (Å²) in [6.07, 6.45) is 3.06. The van der Waals surface area contributed by atoms with E-state index in [1.54, 1.807) is 36.5 Å². The first kappa shape index (κ1) is 16.2. The van der Waals surface area contributed by atoms with Gasteiger partial charge in [-0.25, -0.2) is 15.2 Å². The Morgan fingerprint density at radius 2 is 2.30 bits per heavy atom. The number of hydrogen-bond donors (Lipinski definition) is 1. The number of nitrogens with one attached hydrogen (secondary N) is 1. The summed E-state index contributed by atoms with van der Waals surface area (Å²) in [4.78, 5) is 19.4. The molecule has 0 aliphatic rings. The highest BCUT2D eigenvalue weighted by Crippen LogP contribution is 2.19. The molecule has 20 heavy (non-hydrogen) atoms. The van der Waals surface area contributed by atoms with E-state index in [1.807, 2.05) is 5.38 Å². The Balaban J connectivity index is 2.48. The van der Waals surface area contributed by atoms with Gasteiger partial charge in [0.1, 0.15) is 6.34 Å². The molecule has 1 N–H and O–H groups in total. The first-order valence-electron chi connectivity index (χ1n) is 6.27. The number of amides is 2. The lowest BCUT2D eigenvalue weighted by molar-refractivity contribution is 0.207. The van der Waals surface area contributed by atoms with Crippen LogP contribution in [0, 0.1) is 0 Å². The van der Waals surface area contributed by atoms with Crippen LogP contribution in [0.1, 0.15) is 30.5 Å². The molecule has 6 nitrogen and oxygen atoms in total. The number of hydrazone groups is 1. The molecule has 0 aromatic carbocycles. The molecular weight excluding hydrogens is 274 g/mol. The highest BCUT2D eigenvalue weighted by molar-refractivity contribution is 7.09. The Morgan fingerprint density at radius 3 is 2.85 bits per heavy atom. The molecule has 0 radical (unpaired) electrons. The molecule has 0 spiro atoms. The number of thiazole rings is 1. The van der Waals surface area contributed by atoms with Crippen LogP contribution >= 0.6 is 11.3 Å². The van der Waals surface area contributed by atoms with Gasteiger partial charge in [0.2, 0.25) is 0 Å². The van der Waals surface area contributed by atoms with Gasteiger partial charge in [0, 0.05) is 25.4 Å². The second-order valence-corrected chi connectivity index (χ2v) is 5.59. The fourth-order valence-electron chi connectivity index (χ4n) is 1.28. The Labute approximate surface area is 123 Å². The predicted octanol–water partition coefficient (Wildman–Crippen LogP) is 2.43. The smallest absolute Gasteiger partial charge is 0.337 e. The van der Waals surface area contributed by atoms with E-state index in [9.17, 15) is 4.79 Å². The summed E-state index contributed by atoms with van der Waals surface area (Å²) in [6.45, 7) is 8.23. The molecule has 1 rings (SSSR count). The summed E-state index contributed by atoms with van der Waals surface area (Å²) >= 11 is 1.62. The van der Waals surface area contributed by atoms with E-state index < -0.39 is 0 Å². The second-order valence-electron chi connectivity index (χ2n) is 4.70. The number of carbonyl (C=O) groups is 1. The number of carbonyl (C=O) groups excluding carboxylic acids is 1. The maximum Gasteiger partial charge on any atom is 0.337 e. The van der Waals surface area contributed by atoms with E-state index in [4.69, 9.17) is 0 Å². The molecule has 0 fully saturated rings. The molecular formula is C13H21N5OS. The summed E-state index contributed by atoms with van der Waals surface area (Å²) in [5.41, 5.74) is 3.33. The summed E-state index contributed by atoms with van der Waals surface area (Å²) in [5, 5.41) is 6.87. The Kier molecular flexibility index (Phi) is 6.17. The maximum absolute atomic E-state index is 11.8. The zero-order valence-electron chi connectivity index (χ0n) is 12.3. The van der Waals surface area contributed by atoms with Crippen LogP contribution in [0.15, 0.2) is 23.3 Å². The Hall–Kier alpha value is -1.89. The Bertz CT molecular complexity index is 483. The van der Waals surface area contributed by atoms with Crippen molar-refractivity contribution in [1.82, 2.24) is 20.2 Å². The molecule has 0 bridgehead atoms. The molecule has 0 aliphatic carbocycles. The molecule has 7 heteroatoms. The van der Waals surface area contributed by atoms with Crippen LogP contribution in [0.2, 0.25) is 0 Å². The van der Waals surface area contributed by atoms with Crippen molar-refractivity contribution in [3.8, 4) is 0 Å². The number of rotatable bonds is 6. The lowest BCUT2D eigenvalue weighted by atomic mass is 10.2. The van der Waals surface area contributed by atoms with Crippen LogP contribution in [0.4, 0.5) is 4.79 Å². The normalized spacial score (nSPS) is 10.8. The molecule has 110 valence electrons. The van der Waals surface area contributed by atoms with E-state index in [0.29, 0.717) is 12.5 Å². The maximum atomic E-state index is 11.8. The number of hydrogen-bond acceptors (Lipinski definition) is 4. The van der Waals surface area contributed by atoms with Gasteiger partial charge >= 0.3 is 6.03 Å². The summed E-state index contributed by atoms with van der Waals surface area (Å²) in [7, 11) is 3.48. The van der Waals surface area contributed by atoms with Crippen LogP contribution in [0.25, 0.3) is 0 Å². The molecule has 0 unspecified atom stereocenters. The molecule has 0 aliphatic heterocycles. The largest absolute Gasteiger partial charge is 0.341 e. The van der Waals surface area contributed by atoms with Crippen LogP contribution in [-0.4, -0.2) is 41.2 Å². The number of aromatic nitrogens is 1. The third-order valence-corrected chi connectivity index (χ3v) is 3.69. The minimum atomic E-state index is -0.280. The van der Waals surface area contributed by atoms with Gasteiger partial charge in [-0.15, -0.1) is 11.3 Å². The molecule has 0 saturated heterocycles. The molecule has 2 amide bonds. The van der Waals surface area contributed by atoms with Crippen molar-refractivity contribution in [2.75, 3.05) is 14.1 Å². The number of nitrogens with zero attached hydrogens (tertiary/aromatic N) is 4. The summed E-state index contributed by atoms with van der Waals surface area (Å²) < 4.78 is 0. The van der Waals surface area contributed by atoms with Gasteiger partial charge in [0.05, 0.1) is 17.2 Å². The lowest BCUT2D eigenvalue weighted by Gasteiger charge is -2.15. The van der Waals surface area contributed by atoms with Gasteiger partial charge < -0.3 is 9.80 Å². The Morgan fingerprint density at radius 1 is 1.60 bits per heavy atom. The number of urea groups is 1. The van der Waals surface area contributed by atoms with Crippen molar-refractivity contribution >= 4 is 23.7 Å². The van der Waals surface area contributed by atoms with Crippen LogP contribution < -0.4 is 5.43 Å². The molecule has 0 saturated carbocycles. The summed E-state index contributed by atoms with van der Waals surface area (Å²) in [6, 6.07) is -0.280. The van der Waals surface area contributed by atoms with Gasteiger partial charge in [0.25, 0.3) is 0 Å². The van der Waals surface area contributed by atoms with Gasteiger partial charge in [-0.2, -0.15) is 5.10 Å². The van der Waals surface area contributed by atoms with E-state index in [0.717, 1.165) is 10.7 Å². The zero-order chi connectivity index (χ0) is 15.1. The zero-order valence-corrected chi connectivity index (χ0v) is 13.1. The third kappa shape index (κ3) is 5.00. The van der Waals surface area contributed by atoms with Crippen molar-refractivity contribution in [1.29, 1.82) is 0 Å². The van der Waals surface area contributed by atoms with Crippen molar-refractivity contribution in [2.45, 2.75) is 26.3 Å². The average molecular weight is 295 g/mol. The fraction of sp³-hybridized carbons (Fsp3) is 0.462. The van der Waals surface area contributed by atoms with E-state index in [-0.39, 0.29) is 6.03 Å². The van der Waals surface area contributed by atoms with Gasteiger partial charge in [-0.3, -0.25) is 0 Å². The first-order valence-corrected chi connectivity index (χ1v) is 7.15. The monoisotopic (exact) mass is 295 g/mol. The van der Waals surface area contributed by atoms with Crippen molar-refractivity contribution in [2.24, 2.45) is 5.10 Å². The van der Waals surface area contributed by atoms with Gasteiger partial charge in [-0.1, -0.05) is 20.4 Å². The van der Waals surface area contributed by atoms with E-state index in [2.05, 4.69) is 35.9 Å². The first-order chi connectivity index (χ1) is 9.43. The van der Waals surface area contributed by atoms with Crippen molar-refractivity contribution < 1.29 is 4.79 Å². The molecule has 0 atom stereocenters. The average Bonchev–Trinajstić information content (AvgIpc) is 2.86. The fourth-order valence-corrected chi connectivity index (χ4v) is 2.11. The standard InChI is InChI=1S/C13H21N5OS/c1-6-17(4)9-14-16-13(19)18(5)7-11-8-20-12(15-11)10(2)3/h6,8-10H,1,7H2,2-5H3,(H,16,19)/b14-9-. The highest BCUT2D eigenvalue weighted by atomic mass is 32.1. The molecule has 1 aromatic heterocycles. The SMILES string of the molecule is C=CN(C)/C=N\NC(=O)N(C)Cc1csc(C(C)C)n1. The van der Waals surface area contributed by atoms with Gasteiger partial charge in [-0.05, 0) is 6.20 Å². The van der Waals surface area contributed by atoms with E-state index in [1.165, 1.54) is 11.2 Å².